The molecular formula is C13H26O7. The van der Waals surface area contributed by atoms with Crippen molar-refractivity contribution < 1.29 is 34.4 Å². The first kappa shape index (κ1) is 21.1. The molecule has 0 saturated carbocycles. The summed E-state index contributed by atoms with van der Waals surface area (Å²) in [5, 5.41) is 24.5. The molecule has 120 valence electrons. The summed E-state index contributed by atoms with van der Waals surface area (Å²) in [4.78, 5) is 19.3. The van der Waals surface area contributed by atoms with E-state index in [1.807, 2.05) is 27.7 Å². The van der Waals surface area contributed by atoms with E-state index >= 15 is 0 Å². The summed E-state index contributed by atoms with van der Waals surface area (Å²) >= 11 is 0. The Morgan fingerprint density at radius 3 is 1.70 bits per heavy atom. The molecule has 0 aliphatic carbocycles. The minimum Gasteiger partial charge on any atom is -0.481 e. The Morgan fingerprint density at radius 1 is 0.950 bits per heavy atom. The van der Waals surface area contributed by atoms with Crippen molar-refractivity contribution in [1.29, 1.82) is 0 Å². The Bertz CT molecular complexity index is 251. The molecule has 0 radical (unpaired) electrons. The van der Waals surface area contributed by atoms with E-state index in [1.165, 1.54) is 0 Å². The quantitative estimate of drug-likeness (QED) is 0.584. The summed E-state index contributed by atoms with van der Waals surface area (Å²) in [7, 11) is 0. The van der Waals surface area contributed by atoms with Crippen LogP contribution in [-0.4, -0.2) is 58.8 Å². The van der Waals surface area contributed by atoms with Crippen LogP contribution in [-0.2, 0) is 19.1 Å². The van der Waals surface area contributed by atoms with Crippen molar-refractivity contribution in [2.75, 3.05) is 13.2 Å². The Kier molecular flexibility index (Phi) is 13.6. The second-order valence-corrected chi connectivity index (χ2v) is 4.61. The highest BCUT2D eigenvalue weighted by atomic mass is 16.5. The van der Waals surface area contributed by atoms with E-state index in [4.69, 9.17) is 24.8 Å². The lowest BCUT2D eigenvalue weighted by molar-refractivity contribution is -0.143. The van der Waals surface area contributed by atoms with E-state index in [-0.39, 0.29) is 37.8 Å². The highest BCUT2D eigenvalue weighted by Crippen LogP contribution is 1.99. The molecule has 0 fully saturated rings. The van der Waals surface area contributed by atoms with Crippen LogP contribution in [0.4, 0.5) is 0 Å². The number of carboxylic acids is 2. The zero-order valence-electron chi connectivity index (χ0n) is 12.5. The van der Waals surface area contributed by atoms with Gasteiger partial charge in [-0.3, -0.25) is 9.59 Å². The van der Waals surface area contributed by atoms with Crippen LogP contribution in [0.2, 0.25) is 0 Å². The van der Waals surface area contributed by atoms with Crippen molar-refractivity contribution in [3.63, 3.8) is 0 Å². The molecule has 2 unspecified atom stereocenters. The first-order valence-electron chi connectivity index (χ1n) is 6.50. The Balaban J connectivity index is 0. The van der Waals surface area contributed by atoms with Gasteiger partial charge in [0, 0.05) is 0 Å². The van der Waals surface area contributed by atoms with E-state index < -0.39 is 11.9 Å². The van der Waals surface area contributed by atoms with Gasteiger partial charge in [-0.15, -0.1) is 0 Å². The van der Waals surface area contributed by atoms with Gasteiger partial charge in [0.2, 0.25) is 0 Å². The summed E-state index contributed by atoms with van der Waals surface area (Å²) in [6.07, 6.45) is -0.361. The lowest BCUT2D eigenvalue weighted by Crippen LogP contribution is -2.24. The van der Waals surface area contributed by atoms with Crippen molar-refractivity contribution >= 4 is 11.9 Å². The van der Waals surface area contributed by atoms with E-state index in [9.17, 15) is 9.59 Å². The third-order valence-electron chi connectivity index (χ3n) is 1.93. The third kappa shape index (κ3) is 19.2. The van der Waals surface area contributed by atoms with Crippen molar-refractivity contribution in [1.82, 2.24) is 0 Å². The fourth-order valence-electron chi connectivity index (χ4n) is 1.07. The summed E-state index contributed by atoms with van der Waals surface area (Å²) in [5.74, 6) is -2.15. The summed E-state index contributed by atoms with van der Waals surface area (Å²) < 4.78 is 10.7. The molecule has 0 heterocycles. The molecule has 3 N–H and O–H groups in total. The minimum atomic E-state index is -1.08. The number of hydrogen-bond donors (Lipinski definition) is 3. The van der Waals surface area contributed by atoms with Gasteiger partial charge < -0.3 is 24.8 Å². The summed E-state index contributed by atoms with van der Waals surface area (Å²) in [5.41, 5.74) is 0. The predicted molar refractivity (Wildman–Crippen MR) is 72.7 cm³/mol. The number of carbonyl (C=O) groups is 2. The molecule has 20 heavy (non-hydrogen) atoms. The van der Waals surface area contributed by atoms with Gasteiger partial charge in [0.25, 0.3) is 0 Å². The van der Waals surface area contributed by atoms with Gasteiger partial charge in [0.1, 0.15) is 0 Å². The standard InChI is InChI=1S/C9H20O3.C4H6O4/c1-7(2)12-9(4)6-11-8(3)5-10;5-3(6)1-2-4(7)8/h7-10H,5-6H2,1-4H3;1-2H2,(H,5,6)(H,7,8). The molecular weight excluding hydrogens is 268 g/mol. The van der Waals surface area contributed by atoms with Gasteiger partial charge in [-0.2, -0.15) is 0 Å². The van der Waals surface area contributed by atoms with Crippen LogP contribution >= 0.6 is 0 Å². The lowest BCUT2D eigenvalue weighted by atomic mass is 10.3. The smallest absolute Gasteiger partial charge is 0.303 e. The van der Waals surface area contributed by atoms with E-state index in [1.54, 1.807) is 0 Å². The van der Waals surface area contributed by atoms with Gasteiger partial charge in [0.05, 0.1) is 44.4 Å². The van der Waals surface area contributed by atoms with Crippen LogP contribution in [0.3, 0.4) is 0 Å². The number of carboxylic acid groups (broad SMARTS) is 2. The van der Waals surface area contributed by atoms with Gasteiger partial charge in [-0.1, -0.05) is 0 Å². The van der Waals surface area contributed by atoms with Crippen LogP contribution in [0.1, 0.15) is 40.5 Å². The molecule has 0 aromatic carbocycles. The van der Waals surface area contributed by atoms with Crippen molar-refractivity contribution in [3.05, 3.63) is 0 Å². The number of aliphatic hydroxyl groups excluding tert-OH is 1. The number of ether oxygens (including phenoxy) is 2. The average Bonchev–Trinajstić information content (AvgIpc) is 2.33. The average molecular weight is 294 g/mol. The first-order valence-corrected chi connectivity index (χ1v) is 6.50. The van der Waals surface area contributed by atoms with Gasteiger partial charge >= 0.3 is 11.9 Å². The van der Waals surface area contributed by atoms with E-state index in [0.717, 1.165) is 0 Å². The third-order valence-corrected chi connectivity index (χ3v) is 1.93. The largest absolute Gasteiger partial charge is 0.481 e. The Hall–Kier alpha value is -1.18. The number of hydrogen-bond acceptors (Lipinski definition) is 5. The van der Waals surface area contributed by atoms with Crippen LogP contribution < -0.4 is 0 Å². The number of aliphatic carboxylic acids is 2. The fraction of sp³-hybridized carbons (Fsp3) is 0.846. The first-order chi connectivity index (χ1) is 9.18. The second kappa shape index (κ2) is 12.8. The zero-order chi connectivity index (χ0) is 16.1. The van der Waals surface area contributed by atoms with E-state index in [2.05, 4.69) is 0 Å². The monoisotopic (exact) mass is 294 g/mol. The molecule has 0 aliphatic rings. The SMILES string of the molecule is CC(C)OC(C)COC(C)CO.O=C(O)CCC(=O)O. The fourth-order valence-corrected chi connectivity index (χ4v) is 1.07. The molecule has 0 bridgehead atoms. The molecule has 2 atom stereocenters. The maximum Gasteiger partial charge on any atom is 0.303 e. The van der Waals surface area contributed by atoms with Gasteiger partial charge in [-0.25, -0.2) is 0 Å². The Morgan fingerprint density at radius 2 is 1.40 bits per heavy atom. The number of aliphatic hydroxyl groups is 1. The van der Waals surface area contributed by atoms with E-state index in [0.29, 0.717) is 6.61 Å². The van der Waals surface area contributed by atoms with Crippen LogP contribution in [0, 0.1) is 0 Å². The topological polar surface area (TPSA) is 113 Å². The minimum absolute atomic E-state index is 0.0639. The zero-order valence-corrected chi connectivity index (χ0v) is 12.5. The van der Waals surface area contributed by atoms with Crippen molar-refractivity contribution in [3.8, 4) is 0 Å². The van der Waals surface area contributed by atoms with Crippen LogP contribution in [0.25, 0.3) is 0 Å². The molecule has 0 aromatic heterocycles. The molecule has 0 rings (SSSR count). The maximum absolute atomic E-state index is 9.64. The second-order valence-electron chi connectivity index (χ2n) is 4.61. The maximum atomic E-state index is 9.64. The molecule has 7 heteroatoms. The molecule has 0 aromatic rings. The van der Waals surface area contributed by atoms with Gasteiger partial charge in [0.15, 0.2) is 0 Å². The van der Waals surface area contributed by atoms with Crippen molar-refractivity contribution in [2.45, 2.75) is 58.8 Å². The lowest BCUT2D eigenvalue weighted by Gasteiger charge is -2.18. The molecule has 7 nitrogen and oxygen atoms in total. The summed E-state index contributed by atoms with van der Waals surface area (Å²) in [6, 6.07) is 0. The summed E-state index contributed by atoms with van der Waals surface area (Å²) in [6.45, 7) is 8.39. The van der Waals surface area contributed by atoms with Crippen LogP contribution in [0.15, 0.2) is 0 Å². The number of rotatable bonds is 9. The normalized spacial score (nSPS) is 13.3. The van der Waals surface area contributed by atoms with Gasteiger partial charge in [-0.05, 0) is 27.7 Å². The highest BCUT2D eigenvalue weighted by molar-refractivity contribution is 5.75. The molecule has 0 amide bonds. The molecule has 0 aliphatic heterocycles. The highest BCUT2D eigenvalue weighted by Gasteiger charge is 2.07. The Labute approximate surface area is 119 Å². The molecule has 0 spiro atoms. The predicted octanol–water partition coefficient (Wildman–Crippen LogP) is 1.13. The van der Waals surface area contributed by atoms with Crippen molar-refractivity contribution in [2.24, 2.45) is 0 Å². The van der Waals surface area contributed by atoms with Crippen LogP contribution in [0.5, 0.6) is 0 Å². The molecule has 0 saturated heterocycles.